The Morgan fingerprint density at radius 1 is 0.436 bits per heavy atom. The van der Waals surface area contributed by atoms with Crippen molar-refractivity contribution in [2.45, 2.75) is 5.41 Å². The Morgan fingerprint density at radius 2 is 1.05 bits per heavy atom. The van der Waals surface area contributed by atoms with Crippen LogP contribution < -0.4 is 5.32 Å². The zero-order valence-electron chi connectivity index (χ0n) is 21.3. The Labute approximate surface area is 227 Å². The van der Waals surface area contributed by atoms with Gasteiger partial charge in [0, 0.05) is 22.1 Å². The first-order valence-corrected chi connectivity index (χ1v) is 13.4. The van der Waals surface area contributed by atoms with Gasteiger partial charge in [0.2, 0.25) is 0 Å². The normalized spacial score (nSPS) is 13.3. The van der Waals surface area contributed by atoms with Crippen molar-refractivity contribution < 1.29 is 4.42 Å². The van der Waals surface area contributed by atoms with Crippen molar-refractivity contribution in [2.75, 3.05) is 5.32 Å². The molecule has 0 fully saturated rings. The van der Waals surface area contributed by atoms with E-state index in [0.717, 1.165) is 33.3 Å². The molecule has 1 aromatic heterocycles. The molecule has 0 bridgehead atoms. The number of hydrogen-bond donors (Lipinski definition) is 1. The lowest BCUT2D eigenvalue weighted by atomic mass is 9.67. The fourth-order valence-electron chi connectivity index (χ4n) is 6.50. The smallest absolute Gasteiger partial charge is 0.135 e. The number of anilines is 2. The molecule has 39 heavy (non-hydrogen) atoms. The zero-order chi connectivity index (χ0) is 25.8. The summed E-state index contributed by atoms with van der Waals surface area (Å²) in [5.74, 6) is 0. The minimum absolute atomic E-state index is 0.491. The van der Waals surface area contributed by atoms with Gasteiger partial charge in [-0.15, -0.1) is 0 Å². The number of rotatable bonds is 4. The molecule has 0 amide bonds. The van der Waals surface area contributed by atoms with E-state index in [1.807, 2.05) is 18.2 Å². The minimum Gasteiger partial charge on any atom is -0.456 e. The Kier molecular flexibility index (Phi) is 4.77. The second-order valence-electron chi connectivity index (χ2n) is 10.2. The van der Waals surface area contributed by atoms with Crippen LogP contribution in [-0.4, -0.2) is 0 Å². The lowest BCUT2D eigenvalue weighted by Gasteiger charge is -2.34. The molecule has 0 radical (unpaired) electrons. The van der Waals surface area contributed by atoms with E-state index < -0.39 is 5.41 Å². The van der Waals surface area contributed by atoms with Gasteiger partial charge in [0.1, 0.15) is 11.2 Å². The average Bonchev–Trinajstić information content (AvgIpc) is 3.51. The zero-order valence-corrected chi connectivity index (χ0v) is 21.3. The minimum atomic E-state index is -0.491. The van der Waals surface area contributed by atoms with Gasteiger partial charge in [-0.25, -0.2) is 0 Å². The predicted octanol–water partition coefficient (Wildman–Crippen LogP) is 9.69. The summed E-state index contributed by atoms with van der Waals surface area (Å²) in [4.78, 5) is 0. The SMILES string of the molecule is c1ccc(Nc2cccc(C3(c4ccc5c(c4)oc4ccccc45)c4ccccc4-c4ccccc43)c2)cc1. The molecule has 2 heteroatoms. The molecule has 0 saturated carbocycles. The Balaban J connectivity index is 1.43. The van der Waals surface area contributed by atoms with Crippen LogP contribution in [0.1, 0.15) is 22.3 Å². The number of furan rings is 1. The number of para-hydroxylation sites is 2. The molecule has 0 atom stereocenters. The number of benzene rings is 6. The molecule has 7 aromatic rings. The van der Waals surface area contributed by atoms with Crippen molar-refractivity contribution >= 4 is 33.3 Å². The third-order valence-electron chi connectivity index (χ3n) is 8.12. The maximum absolute atomic E-state index is 6.40. The molecule has 1 N–H and O–H groups in total. The van der Waals surface area contributed by atoms with Crippen LogP contribution in [0.15, 0.2) is 150 Å². The van der Waals surface area contributed by atoms with Crippen molar-refractivity contribution in [1.82, 2.24) is 0 Å². The molecule has 0 spiro atoms. The summed E-state index contributed by atoms with van der Waals surface area (Å²) in [5, 5.41) is 5.90. The Hall–Kier alpha value is -5.08. The van der Waals surface area contributed by atoms with E-state index in [-0.39, 0.29) is 0 Å². The van der Waals surface area contributed by atoms with Crippen molar-refractivity contribution in [3.05, 3.63) is 168 Å². The van der Waals surface area contributed by atoms with Crippen LogP contribution in [0.25, 0.3) is 33.1 Å². The van der Waals surface area contributed by atoms with Gasteiger partial charge in [-0.05, 0) is 69.8 Å². The molecular formula is C37H25NO. The van der Waals surface area contributed by atoms with Crippen molar-refractivity contribution in [3.63, 3.8) is 0 Å². The lowest BCUT2D eigenvalue weighted by Crippen LogP contribution is -2.28. The molecule has 0 unspecified atom stereocenters. The van der Waals surface area contributed by atoms with Gasteiger partial charge in [-0.2, -0.15) is 0 Å². The molecular weight excluding hydrogens is 474 g/mol. The van der Waals surface area contributed by atoms with Gasteiger partial charge < -0.3 is 9.73 Å². The van der Waals surface area contributed by atoms with Gasteiger partial charge in [0.05, 0.1) is 5.41 Å². The van der Waals surface area contributed by atoms with Gasteiger partial charge in [-0.1, -0.05) is 109 Å². The van der Waals surface area contributed by atoms with E-state index >= 15 is 0 Å². The Bertz CT molecular complexity index is 1950. The van der Waals surface area contributed by atoms with Crippen molar-refractivity contribution in [2.24, 2.45) is 0 Å². The van der Waals surface area contributed by atoms with Crippen molar-refractivity contribution in [1.29, 1.82) is 0 Å². The molecule has 184 valence electrons. The third-order valence-corrected chi connectivity index (χ3v) is 8.12. The highest BCUT2D eigenvalue weighted by molar-refractivity contribution is 6.05. The van der Waals surface area contributed by atoms with Crippen LogP contribution in [0.2, 0.25) is 0 Å². The summed E-state index contributed by atoms with van der Waals surface area (Å²) in [6.07, 6.45) is 0. The summed E-state index contributed by atoms with van der Waals surface area (Å²) in [5.41, 5.74) is 11.0. The number of nitrogens with one attached hydrogen (secondary N) is 1. The monoisotopic (exact) mass is 499 g/mol. The van der Waals surface area contributed by atoms with E-state index in [2.05, 4.69) is 133 Å². The summed E-state index contributed by atoms with van der Waals surface area (Å²) in [7, 11) is 0. The van der Waals surface area contributed by atoms with Crippen LogP contribution in [0, 0.1) is 0 Å². The second kappa shape index (κ2) is 8.47. The van der Waals surface area contributed by atoms with Gasteiger partial charge in [0.15, 0.2) is 0 Å². The summed E-state index contributed by atoms with van der Waals surface area (Å²) in [6.45, 7) is 0. The Morgan fingerprint density at radius 3 is 1.85 bits per heavy atom. The van der Waals surface area contributed by atoms with Crippen LogP contribution in [0.5, 0.6) is 0 Å². The number of hydrogen-bond acceptors (Lipinski definition) is 2. The van der Waals surface area contributed by atoms with Gasteiger partial charge in [0.25, 0.3) is 0 Å². The van der Waals surface area contributed by atoms with Gasteiger partial charge >= 0.3 is 0 Å². The van der Waals surface area contributed by atoms with Crippen LogP contribution in [0.3, 0.4) is 0 Å². The molecule has 1 heterocycles. The summed E-state index contributed by atoms with van der Waals surface area (Å²) < 4.78 is 6.40. The van der Waals surface area contributed by atoms with E-state index in [9.17, 15) is 0 Å². The van der Waals surface area contributed by atoms with E-state index in [4.69, 9.17) is 4.42 Å². The van der Waals surface area contributed by atoms with Crippen molar-refractivity contribution in [3.8, 4) is 11.1 Å². The highest BCUT2D eigenvalue weighted by Crippen LogP contribution is 2.56. The first-order valence-electron chi connectivity index (χ1n) is 13.4. The van der Waals surface area contributed by atoms with Crippen LogP contribution in [-0.2, 0) is 5.41 Å². The lowest BCUT2D eigenvalue weighted by molar-refractivity contribution is 0.665. The fourth-order valence-corrected chi connectivity index (χ4v) is 6.50. The van der Waals surface area contributed by atoms with E-state index in [1.54, 1.807) is 0 Å². The third kappa shape index (κ3) is 3.22. The second-order valence-corrected chi connectivity index (χ2v) is 10.2. The standard InChI is InChI=1S/C37H25NO/c1-2-12-27(13-3-1)38-28-14-10-11-25(23-28)37(33-18-7-4-15-29(33)30-16-5-8-19-34(30)37)26-21-22-32-31-17-6-9-20-35(31)39-36(32)24-26/h1-24,38H. The summed E-state index contributed by atoms with van der Waals surface area (Å²) >= 11 is 0. The molecule has 1 aliphatic rings. The maximum atomic E-state index is 6.40. The predicted molar refractivity (Wildman–Crippen MR) is 161 cm³/mol. The first kappa shape index (κ1) is 22.0. The highest BCUT2D eigenvalue weighted by Gasteiger charge is 2.46. The number of fused-ring (bicyclic) bond motifs is 6. The first-order chi connectivity index (χ1) is 19.3. The van der Waals surface area contributed by atoms with E-state index in [0.29, 0.717) is 0 Å². The summed E-state index contributed by atoms with van der Waals surface area (Å²) in [6, 6.07) is 51.9. The molecule has 8 rings (SSSR count). The maximum Gasteiger partial charge on any atom is 0.135 e. The van der Waals surface area contributed by atoms with Crippen LogP contribution >= 0.6 is 0 Å². The highest BCUT2D eigenvalue weighted by atomic mass is 16.3. The topological polar surface area (TPSA) is 25.2 Å². The fraction of sp³-hybridized carbons (Fsp3) is 0.0270. The van der Waals surface area contributed by atoms with E-state index in [1.165, 1.54) is 33.4 Å². The largest absolute Gasteiger partial charge is 0.456 e. The molecule has 2 nitrogen and oxygen atoms in total. The average molecular weight is 500 g/mol. The molecule has 1 aliphatic carbocycles. The quantitative estimate of drug-likeness (QED) is 0.261. The molecule has 0 saturated heterocycles. The molecule has 0 aliphatic heterocycles. The van der Waals surface area contributed by atoms with Gasteiger partial charge in [-0.3, -0.25) is 0 Å². The molecule has 6 aromatic carbocycles. The van der Waals surface area contributed by atoms with Crippen LogP contribution in [0.4, 0.5) is 11.4 Å².